The van der Waals surface area contributed by atoms with Crippen LogP contribution in [-0.2, 0) is 9.30 Å². The van der Waals surface area contributed by atoms with Gasteiger partial charge in [0, 0.05) is 0 Å². The second kappa shape index (κ2) is 4.52. The van der Waals surface area contributed by atoms with Crippen LogP contribution in [0.15, 0.2) is 0 Å². The number of nitrogens with one attached hydrogen (secondary N) is 1. The molecule has 2 atom stereocenters. The monoisotopic (exact) mass is 223 g/mol. The van der Waals surface area contributed by atoms with Gasteiger partial charge in [0.2, 0.25) is 4.77 Å². The zero-order chi connectivity index (χ0) is 9.84. The van der Waals surface area contributed by atoms with Gasteiger partial charge in [0.25, 0.3) is 0 Å². The molecule has 0 saturated heterocycles. The number of H-pyrrole nitrogens is 1. The van der Waals surface area contributed by atoms with Crippen molar-refractivity contribution in [2.75, 3.05) is 6.61 Å². The van der Waals surface area contributed by atoms with E-state index in [1.807, 2.05) is 0 Å². The standard InChI is InChI=1S/C4H7N4O3PS/c1-2-11-4(12(9)10)8-3(13)5-6-7-8/h4H,2H2,1H3,(H-,5,7,9,10,13)/p+1. The van der Waals surface area contributed by atoms with E-state index in [0.717, 1.165) is 4.68 Å². The Balaban J connectivity index is 2.95. The number of ether oxygens (including phenoxy) is 1. The minimum absolute atomic E-state index is 0.0795. The second-order valence-corrected chi connectivity index (χ2v) is 3.45. The summed E-state index contributed by atoms with van der Waals surface area (Å²) in [5, 5.41) is 9.18. The van der Waals surface area contributed by atoms with Crippen molar-refractivity contribution in [3.8, 4) is 0 Å². The summed E-state index contributed by atoms with van der Waals surface area (Å²) in [4.78, 5) is 8.88. The van der Waals surface area contributed by atoms with Crippen molar-refractivity contribution in [2.45, 2.75) is 12.9 Å². The van der Waals surface area contributed by atoms with Gasteiger partial charge in [0.1, 0.15) is 0 Å². The van der Waals surface area contributed by atoms with Gasteiger partial charge < -0.3 is 4.74 Å². The predicted molar refractivity (Wildman–Crippen MR) is 45.7 cm³/mol. The molecule has 2 N–H and O–H groups in total. The van der Waals surface area contributed by atoms with Crippen molar-refractivity contribution in [2.24, 2.45) is 0 Å². The lowest BCUT2D eigenvalue weighted by molar-refractivity contribution is 0.0545. The van der Waals surface area contributed by atoms with E-state index >= 15 is 0 Å². The molecule has 0 radical (unpaired) electrons. The SMILES string of the molecule is CCOC(n1[nH]nnc1=S)[P+](=O)O. The summed E-state index contributed by atoms with van der Waals surface area (Å²) in [5.41, 5.74) is 0. The van der Waals surface area contributed by atoms with Crippen LogP contribution in [0.2, 0.25) is 0 Å². The van der Waals surface area contributed by atoms with Crippen LogP contribution in [0.1, 0.15) is 12.9 Å². The zero-order valence-electron chi connectivity index (χ0n) is 6.75. The van der Waals surface area contributed by atoms with E-state index in [2.05, 4.69) is 15.5 Å². The molecule has 2 unspecified atom stereocenters. The molecule has 0 fully saturated rings. The van der Waals surface area contributed by atoms with Crippen LogP contribution in [-0.4, -0.2) is 31.7 Å². The quantitative estimate of drug-likeness (QED) is 0.572. The molecule has 0 aliphatic heterocycles. The van der Waals surface area contributed by atoms with Crippen molar-refractivity contribution >= 4 is 20.2 Å². The van der Waals surface area contributed by atoms with Crippen LogP contribution >= 0.6 is 20.2 Å². The van der Waals surface area contributed by atoms with E-state index in [-0.39, 0.29) is 4.77 Å². The molecule has 0 aromatic carbocycles. The fraction of sp³-hybridized carbons (Fsp3) is 0.750. The highest BCUT2D eigenvalue weighted by Crippen LogP contribution is 2.32. The van der Waals surface area contributed by atoms with Gasteiger partial charge in [-0.15, -0.1) is 0 Å². The van der Waals surface area contributed by atoms with E-state index in [1.165, 1.54) is 0 Å². The van der Waals surface area contributed by atoms with E-state index in [0.29, 0.717) is 6.61 Å². The normalized spacial score (nSPS) is 14.2. The van der Waals surface area contributed by atoms with E-state index in [1.54, 1.807) is 6.92 Å². The lowest BCUT2D eigenvalue weighted by Gasteiger charge is -2.03. The second-order valence-electron chi connectivity index (χ2n) is 2.04. The largest absolute Gasteiger partial charge is 0.564 e. The smallest absolute Gasteiger partial charge is 0.315 e. The van der Waals surface area contributed by atoms with Gasteiger partial charge >= 0.3 is 14.0 Å². The Morgan fingerprint density at radius 2 is 2.62 bits per heavy atom. The van der Waals surface area contributed by atoms with Crippen LogP contribution in [0.4, 0.5) is 0 Å². The maximum Gasteiger partial charge on any atom is 0.564 e. The predicted octanol–water partition coefficient (Wildman–Crippen LogP) is 0.563. The molecule has 0 saturated carbocycles. The Morgan fingerprint density at radius 3 is 3.00 bits per heavy atom. The first-order valence-electron chi connectivity index (χ1n) is 3.43. The van der Waals surface area contributed by atoms with Gasteiger partial charge in [0.05, 0.1) is 6.61 Å². The van der Waals surface area contributed by atoms with Gasteiger partial charge in [-0.25, -0.2) is 0 Å². The third-order valence-corrected chi connectivity index (χ3v) is 2.26. The summed E-state index contributed by atoms with van der Waals surface area (Å²) in [6.07, 6.45) is 0. The Labute approximate surface area is 79.6 Å². The fourth-order valence-electron chi connectivity index (χ4n) is 0.734. The molecule has 13 heavy (non-hydrogen) atoms. The Hall–Kier alpha value is -0.690. The summed E-state index contributed by atoms with van der Waals surface area (Å²) in [6.45, 7) is 2.01. The molecule has 1 heterocycles. The maximum atomic E-state index is 10.8. The van der Waals surface area contributed by atoms with Crippen molar-refractivity contribution in [1.82, 2.24) is 20.2 Å². The molecular formula is C4H8N4O3PS+. The van der Waals surface area contributed by atoms with E-state index in [9.17, 15) is 4.57 Å². The van der Waals surface area contributed by atoms with Gasteiger partial charge in [-0.3, -0.25) is 0 Å². The summed E-state index contributed by atoms with van der Waals surface area (Å²) in [6, 6.07) is 0. The Bertz CT molecular complexity index is 349. The Kier molecular flexibility index (Phi) is 3.61. The molecule has 0 bridgehead atoms. The summed E-state index contributed by atoms with van der Waals surface area (Å²) in [7, 11) is -2.52. The summed E-state index contributed by atoms with van der Waals surface area (Å²) >= 11 is 4.73. The summed E-state index contributed by atoms with van der Waals surface area (Å²) < 4.78 is 17.0. The van der Waals surface area contributed by atoms with Crippen LogP contribution in [0.3, 0.4) is 0 Å². The number of rotatable bonds is 4. The van der Waals surface area contributed by atoms with Crippen molar-refractivity contribution < 1.29 is 14.2 Å². The average molecular weight is 223 g/mol. The van der Waals surface area contributed by atoms with Crippen LogP contribution in [0, 0.1) is 4.77 Å². The molecule has 72 valence electrons. The minimum Gasteiger partial charge on any atom is -0.315 e. The molecule has 0 spiro atoms. The number of hydrogen-bond donors (Lipinski definition) is 2. The van der Waals surface area contributed by atoms with Crippen LogP contribution in [0.25, 0.3) is 0 Å². The number of aromatic nitrogens is 4. The minimum atomic E-state index is -2.52. The van der Waals surface area contributed by atoms with Gasteiger partial charge in [-0.05, 0) is 23.7 Å². The number of nitrogens with zero attached hydrogens (tertiary/aromatic N) is 3. The van der Waals surface area contributed by atoms with Crippen LogP contribution < -0.4 is 0 Å². The highest BCUT2D eigenvalue weighted by molar-refractivity contribution is 7.71. The lowest BCUT2D eigenvalue weighted by Crippen LogP contribution is -2.11. The third-order valence-electron chi connectivity index (χ3n) is 1.22. The van der Waals surface area contributed by atoms with Crippen molar-refractivity contribution in [1.29, 1.82) is 0 Å². The molecule has 0 amide bonds. The summed E-state index contributed by atoms with van der Waals surface area (Å²) in [5.74, 6) is -1.04. The lowest BCUT2D eigenvalue weighted by atomic mass is 10.9. The number of tetrazole rings is 1. The molecule has 0 aliphatic rings. The van der Waals surface area contributed by atoms with E-state index in [4.69, 9.17) is 21.8 Å². The number of hydrogen-bond acceptors (Lipinski definition) is 5. The van der Waals surface area contributed by atoms with E-state index < -0.39 is 14.0 Å². The highest BCUT2D eigenvalue weighted by atomic mass is 32.1. The van der Waals surface area contributed by atoms with Gasteiger partial charge in [-0.1, -0.05) is 10.3 Å². The molecule has 0 aliphatic carbocycles. The molecule has 7 nitrogen and oxygen atoms in total. The first kappa shape index (κ1) is 10.4. The molecule has 1 rings (SSSR count). The first-order valence-corrected chi connectivity index (χ1v) is 5.12. The van der Waals surface area contributed by atoms with Crippen LogP contribution in [0.5, 0.6) is 0 Å². The topological polar surface area (TPSA) is 93.0 Å². The molecular weight excluding hydrogens is 215 g/mol. The zero-order valence-corrected chi connectivity index (χ0v) is 8.46. The van der Waals surface area contributed by atoms with Crippen molar-refractivity contribution in [3.63, 3.8) is 0 Å². The fourth-order valence-corrected chi connectivity index (χ4v) is 1.62. The Morgan fingerprint density at radius 1 is 1.92 bits per heavy atom. The molecule has 1 aromatic heterocycles. The van der Waals surface area contributed by atoms with Gasteiger partial charge in [0.15, 0.2) is 0 Å². The average Bonchev–Trinajstić information content (AvgIpc) is 2.47. The van der Waals surface area contributed by atoms with Gasteiger partial charge in [-0.2, -0.15) is 14.8 Å². The van der Waals surface area contributed by atoms with Crippen molar-refractivity contribution in [3.05, 3.63) is 4.77 Å². The third kappa shape index (κ3) is 2.38. The first-order chi connectivity index (χ1) is 6.16. The molecule has 1 aromatic rings. The highest BCUT2D eigenvalue weighted by Gasteiger charge is 2.33. The maximum absolute atomic E-state index is 10.8. The molecule has 9 heteroatoms. The number of aromatic amines is 1.